The lowest BCUT2D eigenvalue weighted by Crippen LogP contribution is -2.10. The summed E-state index contributed by atoms with van der Waals surface area (Å²) < 4.78 is 8.62. The molecular weight excluding hydrogens is 741 g/mol. The SMILES string of the molecule is c1ccc(-c2cccc(N(c3ccc(-c4cccc(-n5c6ccccc6c6ccccc65)c4)cc3)c3ccc4cc(-c5ccc6c(c5)oc5ccccc56)ccc4c3)c2)cc1. The molecule has 12 rings (SSSR count). The summed E-state index contributed by atoms with van der Waals surface area (Å²) in [4.78, 5) is 2.37. The number of hydrogen-bond acceptors (Lipinski definition) is 2. The van der Waals surface area contributed by atoms with Crippen LogP contribution in [0.3, 0.4) is 0 Å². The molecule has 0 bridgehead atoms. The maximum absolute atomic E-state index is 6.24. The Hall–Kier alpha value is -8.14. The van der Waals surface area contributed by atoms with Crippen molar-refractivity contribution in [1.82, 2.24) is 4.57 Å². The Morgan fingerprint density at radius 3 is 1.62 bits per heavy atom. The number of fused-ring (bicyclic) bond motifs is 7. The lowest BCUT2D eigenvalue weighted by atomic mass is 9.99. The van der Waals surface area contributed by atoms with Crippen LogP contribution in [-0.2, 0) is 0 Å². The topological polar surface area (TPSA) is 21.3 Å². The van der Waals surface area contributed by atoms with Crippen molar-refractivity contribution in [2.45, 2.75) is 0 Å². The van der Waals surface area contributed by atoms with Crippen LogP contribution in [0.5, 0.6) is 0 Å². The van der Waals surface area contributed by atoms with Crippen LogP contribution >= 0.6 is 0 Å². The van der Waals surface area contributed by atoms with Crippen LogP contribution in [0.1, 0.15) is 0 Å². The highest BCUT2D eigenvalue weighted by molar-refractivity contribution is 6.09. The molecular formula is C58H38N2O. The number of para-hydroxylation sites is 3. The van der Waals surface area contributed by atoms with Crippen LogP contribution in [-0.4, -0.2) is 4.57 Å². The van der Waals surface area contributed by atoms with Crippen LogP contribution in [0.15, 0.2) is 235 Å². The molecule has 0 aliphatic rings. The Bertz CT molecular complexity index is 3540. The van der Waals surface area contributed by atoms with Crippen LogP contribution in [0.4, 0.5) is 17.1 Å². The van der Waals surface area contributed by atoms with Crippen molar-refractivity contribution >= 4 is 71.6 Å². The van der Waals surface area contributed by atoms with Crippen molar-refractivity contribution in [1.29, 1.82) is 0 Å². The molecule has 2 heterocycles. The van der Waals surface area contributed by atoms with E-state index < -0.39 is 0 Å². The second-order valence-corrected chi connectivity index (χ2v) is 15.8. The van der Waals surface area contributed by atoms with Gasteiger partial charge >= 0.3 is 0 Å². The van der Waals surface area contributed by atoms with E-state index in [0.717, 1.165) is 61.4 Å². The Morgan fingerprint density at radius 1 is 0.295 bits per heavy atom. The van der Waals surface area contributed by atoms with E-state index >= 15 is 0 Å². The van der Waals surface area contributed by atoms with Gasteiger partial charge in [0, 0.05) is 44.3 Å². The lowest BCUT2D eigenvalue weighted by Gasteiger charge is -2.26. The second kappa shape index (κ2) is 14.3. The lowest BCUT2D eigenvalue weighted by molar-refractivity contribution is 0.669. The first-order chi connectivity index (χ1) is 30.2. The van der Waals surface area contributed by atoms with E-state index in [2.05, 4.69) is 228 Å². The van der Waals surface area contributed by atoms with Gasteiger partial charge in [-0.3, -0.25) is 0 Å². The van der Waals surface area contributed by atoms with Gasteiger partial charge in [-0.05, 0) is 129 Å². The minimum absolute atomic E-state index is 0.907. The molecule has 3 nitrogen and oxygen atoms in total. The molecule has 0 aliphatic carbocycles. The van der Waals surface area contributed by atoms with Gasteiger partial charge in [0.25, 0.3) is 0 Å². The summed E-state index contributed by atoms with van der Waals surface area (Å²) >= 11 is 0. The third-order valence-electron chi connectivity index (χ3n) is 12.1. The zero-order chi connectivity index (χ0) is 40.3. The van der Waals surface area contributed by atoms with E-state index in [1.807, 2.05) is 12.1 Å². The first kappa shape index (κ1) is 34.9. The van der Waals surface area contributed by atoms with Crippen molar-refractivity contribution in [3.8, 4) is 39.1 Å². The Morgan fingerprint density at radius 2 is 0.820 bits per heavy atom. The summed E-state index contributed by atoms with van der Waals surface area (Å²) in [5, 5.41) is 7.17. The number of anilines is 3. The van der Waals surface area contributed by atoms with Crippen molar-refractivity contribution in [3.63, 3.8) is 0 Å². The number of aromatic nitrogens is 1. The number of nitrogens with zero attached hydrogens (tertiary/aromatic N) is 2. The fourth-order valence-corrected chi connectivity index (χ4v) is 9.19. The number of hydrogen-bond donors (Lipinski definition) is 0. The third kappa shape index (κ3) is 6.06. The summed E-state index contributed by atoms with van der Waals surface area (Å²) in [5.41, 5.74) is 15.7. The van der Waals surface area contributed by atoms with Gasteiger partial charge in [0.15, 0.2) is 0 Å². The van der Waals surface area contributed by atoms with E-state index in [1.165, 1.54) is 49.3 Å². The predicted octanol–water partition coefficient (Wildman–Crippen LogP) is 16.3. The molecule has 0 saturated heterocycles. The van der Waals surface area contributed by atoms with Gasteiger partial charge in [-0.25, -0.2) is 0 Å². The molecule has 0 radical (unpaired) electrons. The zero-order valence-electron chi connectivity index (χ0n) is 33.2. The van der Waals surface area contributed by atoms with E-state index in [4.69, 9.17) is 4.42 Å². The van der Waals surface area contributed by atoms with Gasteiger partial charge in [0.2, 0.25) is 0 Å². The average molecular weight is 779 g/mol. The monoisotopic (exact) mass is 778 g/mol. The first-order valence-corrected chi connectivity index (χ1v) is 20.8. The van der Waals surface area contributed by atoms with Gasteiger partial charge in [0.1, 0.15) is 11.2 Å². The maximum atomic E-state index is 6.24. The molecule has 0 spiro atoms. The molecule has 0 atom stereocenters. The Balaban J connectivity index is 0.925. The van der Waals surface area contributed by atoms with Gasteiger partial charge in [-0.1, -0.05) is 146 Å². The molecule has 0 fully saturated rings. The quantitative estimate of drug-likeness (QED) is 0.161. The standard InChI is InChI=1S/C58H38N2O/c1-2-12-39(13-3-1)41-14-10-16-48(35-41)59(50-32-28-44-34-43(24-25-45(44)37-50)46-29-33-54-53-20-6-9-23-57(53)61-58(54)38-46)47-30-26-40(27-31-47)42-15-11-17-49(36-42)60-55-21-7-4-18-51(55)52-19-5-8-22-56(52)60/h1-38H. The molecule has 0 amide bonds. The molecule has 0 N–H and O–H groups in total. The summed E-state index contributed by atoms with van der Waals surface area (Å²) in [5.74, 6) is 0. The van der Waals surface area contributed by atoms with Crippen LogP contribution in [0, 0.1) is 0 Å². The Kier molecular flexibility index (Phi) is 8.17. The average Bonchev–Trinajstić information content (AvgIpc) is 3.88. The number of rotatable bonds is 7. The van der Waals surface area contributed by atoms with E-state index in [-0.39, 0.29) is 0 Å². The normalized spacial score (nSPS) is 11.6. The van der Waals surface area contributed by atoms with E-state index in [9.17, 15) is 0 Å². The maximum Gasteiger partial charge on any atom is 0.136 e. The third-order valence-corrected chi connectivity index (χ3v) is 12.1. The zero-order valence-corrected chi connectivity index (χ0v) is 33.2. The van der Waals surface area contributed by atoms with Crippen molar-refractivity contribution in [3.05, 3.63) is 231 Å². The second-order valence-electron chi connectivity index (χ2n) is 15.8. The van der Waals surface area contributed by atoms with Crippen LogP contribution in [0.25, 0.3) is 93.6 Å². The summed E-state index contributed by atoms with van der Waals surface area (Å²) in [6.07, 6.45) is 0. The fraction of sp³-hybridized carbons (Fsp3) is 0. The molecule has 0 unspecified atom stereocenters. The van der Waals surface area contributed by atoms with E-state index in [0.29, 0.717) is 0 Å². The van der Waals surface area contributed by atoms with Crippen LogP contribution in [0.2, 0.25) is 0 Å². The summed E-state index contributed by atoms with van der Waals surface area (Å²) in [6, 6.07) is 83.0. The molecule has 12 aromatic rings. The fourth-order valence-electron chi connectivity index (χ4n) is 9.19. The van der Waals surface area contributed by atoms with Gasteiger partial charge < -0.3 is 13.9 Å². The van der Waals surface area contributed by atoms with Gasteiger partial charge in [-0.2, -0.15) is 0 Å². The molecule has 0 aliphatic heterocycles. The van der Waals surface area contributed by atoms with E-state index in [1.54, 1.807) is 0 Å². The molecule has 286 valence electrons. The van der Waals surface area contributed by atoms with Crippen molar-refractivity contribution < 1.29 is 4.42 Å². The largest absolute Gasteiger partial charge is 0.456 e. The minimum Gasteiger partial charge on any atom is -0.456 e. The highest BCUT2D eigenvalue weighted by atomic mass is 16.3. The minimum atomic E-state index is 0.907. The summed E-state index contributed by atoms with van der Waals surface area (Å²) in [6.45, 7) is 0. The highest BCUT2D eigenvalue weighted by Gasteiger charge is 2.17. The predicted molar refractivity (Wildman–Crippen MR) is 257 cm³/mol. The molecule has 10 aromatic carbocycles. The van der Waals surface area contributed by atoms with Crippen molar-refractivity contribution in [2.75, 3.05) is 4.90 Å². The van der Waals surface area contributed by atoms with Gasteiger partial charge in [-0.15, -0.1) is 0 Å². The molecule has 0 saturated carbocycles. The summed E-state index contributed by atoms with van der Waals surface area (Å²) in [7, 11) is 0. The van der Waals surface area contributed by atoms with Crippen molar-refractivity contribution in [2.24, 2.45) is 0 Å². The van der Waals surface area contributed by atoms with Gasteiger partial charge in [0.05, 0.1) is 11.0 Å². The first-order valence-electron chi connectivity index (χ1n) is 20.8. The van der Waals surface area contributed by atoms with Crippen LogP contribution < -0.4 is 4.90 Å². The molecule has 3 heteroatoms. The smallest absolute Gasteiger partial charge is 0.136 e. The number of furan rings is 1. The molecule has 2 aromatic heterocycles. The Labute approximate surface area is 353 Å². The number of benzene rings is 10. The molecule has 61 heavy (non-hydrogen) atoms. The highest BCUT2D eigenvalue weighted by Crippen LogP contribution is 2.40.